The number of para-hydroxylation sites is 2. The Kier molecular flexibility index (Phi) is 2.03. The van der Waals surface area contributed by atoms with Crippen molar-refractivity contribution in [1.29, 1.82) is 0 Å². The molecule has 0 aromatic heterocycles. The fourth-order valence-corrected chi connectivity index (χ4v) is 2.09. The van der Waals surface area contributed by atoms with Crippen molar-refractivity contribution in [2.24, 2.45) is 0 Å². The number of carbonyl (C=O) groups is 1. The molecule has 2 rings (SSSR count). The Morgan fingerprint density at radius 2 is 2.00 bits per heavy atom. The molecule has 0 aliphatic carbocycles. The van der Waals surface area contributed by atoms with Crippen molar-refractivity contribution in [3.05, 3.63) is 24.3 Å². The van der Waals surface area contributed by atoms with Crippen molar-refractivity contribution < 1.29 is 9.53 Å². The summed E-state index contributed by atoms with van der Waals surface area (Å²) in [7, 11) is 0. The van der Waals surface area contributed by atoms with Crippen LogP contribution in [-0.4, -0.2) is 11.5 Å². The number of fused-ring (bicyclic) bond motifs is 1. The minimum absolute atomic E-state index is 0.101. The Morgan fingerprint density at radius 3 is 2.71 bits per heavy atom. The topological polar surface area (TPSA) is 29.5 Å². The zero-order chi connectivity index (χ0) is 10.3. The molecule has 0 radical (unpaired) electrons. The molecule has 3 nitrogen and oxygen atoms in total. The van der Waals surface area contributed by atoms with Gasteiger partial charge in [-0.15, -0.1) is 0 Å². The Labute approximate surface area is 91.0 Å². The van der Waals surface area contributed by atoms with E-state index in [4.69, 9.17) is 4.74 Å². The van der Waals surface area contributed by atoms with E-state index in [1.54, 1.807) is 13.8 Å². The third-order valence-electron chi connectivity index (χ3n) is 2.14. The van der Waals surface area contributed by atoms with E-state index in [2.05, 4.69) is 16.1 Å². The number of amides is 1. The summed E-state index contributed by atoms with van der Waals surface area (Å²) in [6.45, 7) is 3.50. The van der Waals surface area contributed by atoms with Gasteiger partial charge in [0.05, 0.1) is 21.8 Å². The highest BCUT2D eigenvalue weighted by Crippen LogP contribution is 2.38. The monoisotopic (exact) mass is 255 g/mol. The maximum atomic E-state index is 11.8. The van der Waals surface area contributed by atoms with E-state index >= 15 is 0 Å². The molecule has 0 bridgehead atoms. The van der Waals surface area contributed by atoms with Gasteiger partial charge < -0.3 is 4.74 Å². The minimum Gasteiger partial charge on any atom is -0.476 e. The maximum Gasteiger partial charge on any atom is 0.280 e. The lowest BCUT2D eigenvalue weighted by molar-refractivity contribution is -0.130. The van der Waals surface area contributed by atoms with E-state index in [1.807, 2.05) is 24.3 Å². The average Bonchev–Trinajstić information content (AvgIpc) is 2.14. The van der Waals surface area contributed by atoms with E-state index in [0.29, 0.717) is 5.75 Å². The lowest BCUT2D eigenvalue weighted by Crippen LogP contribution is -2.48. The molecule has 14 heavy (non-hydrogen) atoms. The van der Waals surface area contributed by atoms with Gasteiger partial charge in [0, 0.05) is 0 Å². The molecule has 0 unspecified atom stereocenters. The molecule has 0 N–H and O–H groups in total. The molecule has 1 aromatic carbocycles. The van der Waals surface area contributed by atoms with Crippen molar-refractivity contribution >= 4 is 27.7 Å². The standard InChI is InChI=1S/C10H10BrNO2/c1-10(2)9(13)12(11)7-5-3-4-6-8(7)14-10/h3-6H,1-2H3. The Morgan fingerprint density at radius 1 is 1.36 bits per heavy atom. The van der Waals surface area contributed by atoms with Crippen LogP contribution in [0.5, 0.6) is 5.75 Å². The van der Waals surface area contributed by atoms with Crippen molar-refractivity contribution in [1.82, 2.24) is 0 Å². The molecule has 1 amide bonds. The smallest absolute Gasteiger partial charge is 0.280 e. The fraction of sp³-hybridized carbons (Fsp3) is 0.300. The second kappa shape index (κ2) is 2.98. The summed E-state index contributed by atoms with van der Waals surface area (Å²) < 4.78 is 7.03. The molecule has 0 atom stereocenters. The van der Waals surface area contributed by atoms with Gasteiger partial charge in [0.25, 0.3) is 5.91 Å². The molecule has 0 saturated heterocycles. The van der Waals surface area contributed by atoms with Crippen molar-refractivity contribution in [2.45, 2.75) is 19.4 Å². The molecule has 0 fully saturated rings. The van der Waals surface area contributed by atoms with Crippen LogP contribution in [0.3, 0.4) is 0 Å². The quantitative estimate of drug-likeness (QED) is 0.667. The first-order chi connectivity index (χ1) is 6.52. The summed E-state index contributed by atoms with van der Waals surface area (Å²) in [5.74, 6) is 0.616. The van der Waals surface area contributed by atoms with Gasteiger partial charge in [-0.2, -0.15) is 0 Å². The van der Waals surface area contributed by atoms with Gasteiger partial charge in [0.2, 0.25) is 0 Å². The van der Waals surface area contributed by atoms with Gasteiger partial charge in [-0.3, -0.25) is 4.79 Å². The first-order valence-electron chi connectivity index (χ1n) is 4.31. The van der Waals surface area contributed by atoms with Crippen molar-refractivity contribution in [3.63, 3.8) is 0 Å². The van der Waals surface area contributed by atoms with Crippen LogP contribution in [0.4, 0.5) is 5.69 Å². The Balaban J connectivity index is 2.53. The second-order valence-electron chi connectivity index (χ2n) is 3.67. The Bertz CT molecular complexity index is 389. The number of nitrogens with zero attached hydrogens (tertiary/aromatic N) is 1. The predicted molar refractivity (Wildman–Crippen MR) is 57.6 cm³/mol. The highest BCUT2D eigenvalue weighted by molar-refractivity contribution is 9.10. The van der Waals surface area contributed by atoms with Crippen LogP contribution >= 0.6 is 16.1 Å². The largest absolute Gasteiger partial charge is 0.476 e. The number of benzene rings is 1. The van der Waals surface area contributed by atoms with Crippen LogP contribution in [0.2, 0.25) is 0 Å². The summed E-state index contributed by atoms with van der Waals surface area (Å²) in [5.41, 5.74) is -0.0606. The van der Waals surface area contributed by atoms with Gasteiger partial charge in [-0.05, 0) is 26.0 Å². The van der Waals surface area contributed by atoms with Crippen LogP contribution in [0.25, 0.3) is 0 Å². The maximum absolute atomic E-state index is 11.8. The van der Waals surface area contributed by atoms with Gasteiger partial charge in [0.1, 0.15) is 5.75 Å². The molecule has 1 aliphatic rings. The van der Waals surface area contributed by atoms with Crippen LogP contribution in [-0.2, 0) is 4.79 Å². The molecule has 1 aromatic rings. The van der Waals surface area contributed by atoms with E-state index in [9.17, 15) is 4.79 Å². The van der Waals surface area contributed by atoms with Crippen LogP contribution in [0.15, 0.2) is 24.3 Å². The number of rotatable bonds is 0. The molecule has 0 spiro atoms. The Hall–Kier alpha value is -1.03. The van der Waals surface area contributed by atoms with E-state index in [1.165, 1.54) is 3.93 Å². The fourth-order valence-electron chi connectivity index (χ4n) is 1.37. The lowest BCUT2D eigenvalue weighted by atomic mass is 10.1. The zero-order valence-corrected chi connectivity index (χ0v) is 9.54. The van der Waals surface area contributed by atoms with E-state index < -0.39 is 5.60 Å². The third kappa shape index (κ3) is 1.30. The first-order valence-corrected chi connectivity index (χ1v) is 5.02. The number of halogens is 1. The molecule has 4 heteroatoms. The second-order valence-corrected chi connectivity index (χ2v) is 4.38. The lowest BCUT2D eigenvalue weighted by Gasteiger charge is -2.35. The highest BCUT2D eigenvalue weighted by Gasteiger charge is 2.39. The highest BCUT2D eigenvalue weighted by atomic mass is 79.9. The molecule has 1 heterocycles. The number of hydrogen-bond acceptors (Lipinski definition) is 2. The summed E-state index contributed by atoms with van der Waals surface area (Å²) in [4.78, 5) is 11.8. The number of hydrogen-bond donors (Lipinski definition) is 0. The summed E-state index contributed by atoms with van der Waals surface area (Å²) in [6.07, 6.45) is 0. The number of anilines is 1. The predicted octanol–water partition coefficient (Wildman–Crippen LogP) is 2.50. The van der Waals surface area contributed by atoms with Crippen LogP contribution in [0, 0.1) is 0 Å². The van der Waals surface area contributed by atoms with Gasteiger partial charge in [0.15, 0.2) is 5.60 Å². The number of ether oxygens (including phenoxy) is 1. The SMILES string of the molecule is CC1(C)Oc2ccccc2N(Br)C1=O. The van der Waals surface area contributed by atoms with Gasteiger partial charge in [-0.1, -0.05) is 12.1 Å². The summed E-state index contributed by atoms with van der Waals surface area (Å²) in [5, 5.41) is 0. The summed E-state index contributed by atoms with van der Waals surface area (Å²) in [6, 6.07) is 7.42. The minimum atomic E-state index is -0.808. The molecular weight excluding hydrogens is 246 g/mol. The van der Waals surface area contributed by atoms with Gasteiger partial charge >= 0.3 is 0 Å². The molecule has 74 valence electrons. The van der Waals surface area contributed by atoms with Gasteiger partial charge in [-0.25, -0.2) is 3.93 Å². The molecular formula is C10H10BrNO2. The third-order valence-corrected chi connectivity index (χ3v) is 2.84. The molecule has 0 saturated carbocycles. The van der Waals surface area contributed by atoms with Crippen molar-refractivity contribution in [2.75, 3.05) is 3.93 Å². The van der Waals surface area contributed by atoms with Crippen LogP contribution < -0.4 is 8.66 Å². The molecule has 1 aliphatic heterocycles. The summed E-state index contributed by atoms with van der Waals surface area (Å²) >= 11 is 3.23. The van der Waals surface area contributed by atoms with E-state index in [-0.39, 0.29) is 5.91 Å². The first kappa shape index (κ1) is 9.52. The van der Waals surface area contributed by atoms with E-state index in [0.717, 1.165) is 5.69 Å². The average molecular weight is 256 g/mol. The van der Waals surface area contributed by atoms with Crippen molar-refractivity contribution in [3.8, 4) is 5.75 Å². The normalized spacial score (nSPS) is 18.8. The van der Waals surface area contributed by atoms with Crippen LogP contribution in [0.1, 0.15) is 13.8 Å². The number of carbonyl (C=O) groups excluding carboxylic acids is 1. The zero-order valence-electron chi connectivity index (χ0n) is 7.95.